The van der Waals surface area contributed by atoms with Crippen molar-refractivity contribution in [2.75, 3.05) is 23.7 Å². The highest BCUT2D eigenvalue weighted by Crippen LogP contribution is 2.23. The van der Waals surface area contributed by atoms with E-state index in [9.17, 15) is 13.2 Å². The molecular weight excluding hydrogens is 288 g/mol. The van der Waals surface area contributed by atoms with Crippen LogP contribution in [0.2, 0.25) is 0 Å². The van der Waals surface area contributed by atoms with E-state index in [2.05, 4.69) is 5.32 Å². The Morgan fingerprint density at radius 3 is 2.48 bits per heavy atom. The summed E-state index contributed by atoms with van der Waals surface area (Å²) >= 11 is 0. The summed E-state index contributed by atoms with van der Waals surface area (Å²) in [6.07, 6.45) is 2.93. The zero-order valence-electron chi connectivity index (χ0n) is 12.9. The van der Waals surface area contributed by atoms with Gasteiger partial charge in [0.15, 0.2) is 0 Å². The van der Waals surface area contributed by atoms with Crippen LogP contribution in [-0.4, -0.2) is 33.7 Å². The van der Waals surface area contributed by atoms with Crippen LogP contribution in [-0.2, 0) is 21.2 Å². The van der Waals surface area contributed by atoms with Crippen molar-refractivity contribution in [1.29, 1.82) is 0 Å². The monoisotopic (exact) mass is 312 g/mol. The molecule has 1 amide bonds. The van der Waals surface area contributed by atoms with E-state index in [4.69, 9.17) is 0 Å². The summed E-state index contributed by atoms with van der Waals surface area (Å²) in [5, 5.41) is 2.76. The average molecular weight is 312 g/mol. The number of carbonyl (C=O) groups is 1. The van der Waals surface area contributed by atoms with Crippen molar-refractivity contribution in [3.8, 4) is 0 Å². The first-order valence-electron chi connectivity index (χ1n) is 7.22. The largest absolute Gasteiger partial charge is 0.356 e. The van der Waals surface area contributed by atoms with Crippen LogP contribution in [0.3, 0.4) is 0 Å². The third-order valence-electron chi connectivity index (χ3n) is 3.16. The first-order valence-corrected chi connectivity index (χ1v) is 9.07. The molecule has 6 heteroatoms. The molecule has 0 saturated heterocycles. The van der Waals surface area contributed by atoms with Gasteiger partial charge in [0.05, 0.1) is 11.9 Å². The molecule has 1 aromatic carbocycles. The van der Waals surface area contributed by atoms with Gasteiger partial charge in [0.25, 0.3) is 0 Å². The highest BCUT2D eigenvalue weighted by Gasteiger charge is 2.20. The molecule has 0 unspecified atom stereocenters. The number of aryl methyl sites for hydroxylation is 1. The highest BCUT2D eigenvalue weighted by atomic mass is 32.2. The van der Waals surface area contributed by atoms with E-state index >= 15 is 0 Å². The minimum absolute atomic E-state index is 0.125. The third-order valence-corrected chi connectivity index (χ3v) is 4.34. The lowest BCUT2D eigenvalue weighted by Gasteiger charge is -2.24. The van der Waals surface area contributed by atoms with Crippen LogP contribution in [0, 0.1) is 0 Å². The SMILES string of the molecule is CCCNC(=O)CCN(c1ccccc1CC)S(C)(=O)=O. The highest BCUT2D eigenvalue weighted by molar-refractivity contribution is 7.92. The van der Waals surface area contributed by atoms with Crippen LogP contribution < -0.4 is 9.62 Å². The van der Waals surface area contributed by atoms with Crippen molar-refractivity contribution in [1.82, 2.24) is 5.32 Å². The number of hydrogen-bond donors (Lipinski definition) is 1. The van der Waals surface area contributed by atoms with Crippen LogP contribution in [0.5, 0.6) is 0 Å². The number of nitrogens with one attached hydrogen (secondary N) is 1. The maximum absolute atomic E-state index is 12.0. The molecule has 0 fully saturated rings. The standard InChI is InChI=1S/C15H24N2O3S/c1-4-11-16-15(18)10-12-17(21(3,19)20)14-9-7-6-8-13(14)5-2/h6-9H,4-5,10-12H2,1-3H3,(H,16,18). The van der Waals surface area contributed by atoms with Crippen molar-refractivity contribution in [3.63, 3.8) is 0 Å². The van der Waals surface area contributed by atoms with Crippen molar-refractivity contribution in [3.05, 3.63) is 29.8 Å². The van der Waals surface area contributed by atoms with E-state index in [1.54, 1.807) is 6.07 Å². The van der Waals surface area contributed by atoms with Crippen LogP contribution in [0.4, 0.5) is 5.69 Å². The summed E-state index contributed by atoms with van der Waals surface area (Å²) < 4.78 is 25.4. The van der Waals surface area contributed by atoms with E-state index < -0.39 is 10.0 Å². The number of para-hydroxylation sites is 1. The zero-order chi connectivity index (χ0) is 15.9. The zero-order valence-corrected chi connectivity index (χ0v) is 13.7. The molecule has 0 aliphatic rings. The molecule has 5 nitrogen and oxygen atoms in total. The fourth-order valence-corrected chi connectivity index (χ4v) is 3.03. The van der Waals surface area contributed by atoms with E-state index in [1.807, 2.05) is 32.0 Å². The number of nitrogens with zero attached hydrogens (tertiary/aromatic N) is 1. The van der Waals surface area contributed by atoms with Crippen LogP contribution >= 0.6 is 0 Å². The normalized spacial score (nSPS) is 11.2. The summed E-state index contributed by atoms with van der Waals surface area (Å²) in [6.45, 7) is 4.72. The first-order chi connectivity index (χ1) is 9.90. The molecule has 0 atom stereocenters. The molecule has 118 valence electrons. The van der Waals surface area contributed by atoms with Crippen molar-refractivity contribution < 1.29 is 13.2 Å². The summed E-state index contributed by atoms with van der Waals surface area (Å²) in [5.74, 6) is -0.125. The molecule has 1 N–H and O–H groups in total. The molecule has 0 aliphatic carbocycles. The molecule has 1 rings (SSSR count). The van der Waals surface area contributed by atoms with Gasteiger partial charge in [-0.25, -0.2) is 8.42 Å². The predicted molar refractivity (Wildman–Crippen MR) is 85.9 cm³/mol. The van der Waals surface area contributed by atoms with Gasteiger partial charge in [-0.3, -0.25) is 9.10 Å². The van der Waals surface area contributed by atoms with E-state index in [0.717, 1.165) is 18.4 Å². The van der Waals surface area contributed by atoms with Crippen LogP contribution in [0.1, 0.15) is 32.3 Å². The number of sulfonamides is 1. The predicted octanol–water partition coefficient (Wildman–Crippen LogP) is 1.93. The maximum Gasteiger partial charge on any atom is 0.232 e. The Morgan fingerprint density at radius 1 is 1.24 bits per heavy atom. The van der Waals surface area contributed by atoms with Gasteiger partial charge in [0, 0.05) is 19.5 Å². The van der Waals surface area contributed by atoms with Gasteiger partial charge in [-0.2, -0.15) is 0 Å². The molecule has 0 radical (unpaired) electrons. The molecule has 0 spiro atoms. The first kappa shape index (κ1) is 17.5. The molecule has 0 saturated carbocycles. The van der Waals surface area contributed by atoms with Gasteiger partial charge in [0.1, 0.15) is 0 Å². The Balaban J connectivity index is 2.90. The summed E-state index contributed by atoms with van der Waals surface area (Å²) in [7, 11) is -3.41. The van der Waals surface area contributed by atoms with Gasteiger partial charge in [-0.15, -0.1) is 0 Å². The summed E-state index contributed by atoms with van der Waals surface area (Å²) in [6, 6.07) is 7.38. The lowest BCUT2D eigenvalue weighted by molar-refractivity contribution is -0.120. The summed E-state index contributed by atoms with van der Waals surface area (Å²) in [4.78, 5) is 11.7. The number of rotatable bonds is 8. The van der Waals surface area contributed by atoms with Gasteiger partial charge >= 0.3 is 0 Å². The van der Waals surface area contributed by atoms with Crippen LogP contribution in [0.15, 0.2) is 24.3 Å². The Hall–Kier alpha value is -1.56. The second-order valence-electron chi connectivity index (χ2n) is 4.92. The fraction of sp³-hybridized carbons (Fsp3) is 0.533. The molecule has 0 heterocycles. The molecule has 1 aromatic rings. The molecule has 0 bridgehead atoms. The van der Waals surface area contributed by atoms with Crippen molar-refractivity contribution >= 4 is 21.6 Å². The van der Waals surface area contributed by atoms with Crippen molar-refractivity contribution in [2.24, 2.45) is 0 Å². The second-order valence-corrected chi connectivity index (χ2v) is 6.82. The van der Waals surface area contributed by atoms with E-state index in [0.29, 0.717) is 12.2 Å². The maximum atomic E-state index is 12.0. The second kappa shape index (κ2) is 8.02. The van der Waals surface area contributed by atoms with E-state index in [1.165, 1.54) is 10.6 Å². The Morgan fingerprint density at radius 2 is 1.90 bits per heavy atom. The summed E-state index contributed by atoms with van der Waals surface area (Å²) in [5.41, 5.74) is 1.61. The van der Waals surface area contributed by atoms with Gasteiger partial charge in [-0.05, 0) is 24.5 Å². The number of carbonyl (C=O) groups excluding carboxylic acids is 1. The number of amides is 1. The Bertz CT molecular complexity index is 570. The van der Waals surface area contributed by atoms with Gasteiger partial charge < -0.3 is 5.32 Å². The van der Waals surface area contributed by atoms with Gasteiger partial charge in [-0.1, -0.05) is 32.0 Å². The number of hydrogen-bond acceptors (Lipinski definition) is 3. The number of anilines is 1. The van der Waals surface area contributed by atoms with Crippen LogP contribution in [0.25, 0.3) is 0 Å². The fourth-order valence-electron chi connectivity index (χ4n) is 2.07. The number of benzene rings is 1. The topological polar surface area (TPSA) is 66.5 Å². The quantitative estimate of drug-likeness (QED) is 0.797. The minimum Gasteiger partial charge on any atom is -0.356 e. The minimum atomic E-state index is -3.41. The van der Waals surface area contributed by atoms with Gasteiger partial charge in [0.2, 0.25) is 15.9 Å². The molecular formula is C15H24N2O3S. The molecule has 0 aromatic heterocycles. The van der Waals surface area contributed by atoms with E-state index in [-0.39, 0.29) is 18.9 Å². The van der Waals surface area contributed by atoms with Crippen molar-refractivity contribution in [2.45, 2.75) is 33.1 Å². The lowest BCUT2D eigenvalue weighted by Crippen LogP contribution is -2.35. The molecule has 0 aliphatic heterocycles. The smallest absolute Gasteiger partial charge is 0.232 e. The Kier molecular flexibility index (Phi) is 6.68. The lowest BCUT2D eigenvalue weighted by atomic mass is 10.1. The average Bonchev–Trinajstić information content (AvgIpc) is 2.44. The Labute approximate surface area is 127 Å². The third kappa shape index (κ3) is 5.38. The molecule has 21 heavy (non-hydrogen) atoms.